The standard InChI is InChI=1S/C24H27ClN4O4/c25-20-12-9-18(27-23(30)15-7-10-19(11-8-15)29(32)33)13-17(20)14-28(24(31)16-5-6-16)22-4-2-1-3-21(22)26/h7-13,16,21-22H,1-6,14,26H2,(H,27,30). The van der Waals surface area contributed by atoms with Crippen molar-refractivity contribution in [2.24, 2.45) is 11.7 Å². The molecule has 0 bridgehead atoms. The fraction of sp³-hybridized carbons (Fsp3) is 0.417. The summed E-state index contributed by atoms with van der Waals surface area (Å²) < 4.78 is 0. The van der Waals surface area contributed by atoms with Crippen molar-refractivity contribution in [3.05, 3.63) is 68.7 Å². The number of nitrogens with one attached hydrogen (secondary N) is 1. The molecule has 9 heteroatoms. The molecule has 0 radical (unpaired) electrons. The Kier molecular flexibility index (Phi) is 6.95. The molecule has 3 N–H and O–H groups in total. The van der Waals surface area contributed by atoms with Gasteiger partial charge in [-0.05, 0) is 61.6 Å². The van der Waals surface area contributed by atoms with Crippen LogP contribution in [0.3, 0.4) is 0 Å². The summed E-state index contributed by atoms with van der Waals surface area (Å²) in [6, 6.07) is 10.5. The summed E-state index contributed by atoms with van der Waals surface area (Å²) in [4.78, 5) is 37.9. The molecule has 0 heterocycles. The number of carbonyl (C=O) groups excluding carboxylic acids is 2. The van der Waals surface area contributed by atoms with Crippen LogP contribution in [0.1, 0.15) is 54.4 Å². The molecule has 174 valence electrons. The number of benzene rings is 2. The maximum atomic E-state index is 13.1. The summed E-state index contributed by atoms with van der Waals surface area (Å²) in [6.45, 7) is 0.341. The van der Waals surface area contributed by atoms with Crippen LogP contribution in [0.4, 0.5) is 11.4 Å². The Morgan fingerprint density at radius 1 is 1.09 bits per heavy atom. The number of carbonyl (C=O) groups is 2. The number of amides is 2. The number of hydrogen-bond donors (Lipinski definition) is 2. The lowest BCUT2D eigenvalue weighted by atomic mass is 9.89. The highest BCUT2D eigenvalue weighted by Crippen LogP contribution is 2.35. The van der Waals surface area contributed by atoms with E-state index in [1.165, 1.54) is 24.3 Å². The number of nitro groups is 1. The Morgan fingerprint density at radius 2 is 1.79 bits per heavy atom. The molecule has 2 atom stereocenters. The van der Waals surface area contributed by atoms with E-state index in [0.29, 0.717) is 22.8 Å². The molecule has 2 aromatic carbocycles. The minimum atomic E-state index is -0.514. The molecule has 2 aliphatic rings. The summed E-state index contributed by atoms with van der Waals surface area (Å²) in [6.07, 6.45) is 5.73. The van der Waals surface area contributed by atoms with E-state index < -0.39 is 10.8 Å². The number of nitro benzene ring substituents is 1. The number of hydrogen-bond acceptors (Lipinski definition) is 5. The molecule has 2 aromatic rings. The first-order valence-electron chi connectivity index (χ1n) is 11.2. The van der Waals surface area contributed by atoms with E-state index in [0.717, 1.165) is 44.1 Å². The first-order valence-corrected chi connectivity index (χ1v) is 11.6. The van der Waals surface area contributed by atoms with Gasteiger partial charge in [0.1, 0.15) is 0 Å². The molecule has 2 unspecified atom stereocenters. The lowest BCUT2D eigenvalue weighted by Crippen LogP contribution is -2.52. The van der Waals surface area contributed by atoms with E-state index in [2.05, 4.69) is 5.32 Å². The highest BCUT2D eigenvalue weighted by atomic mass is 35.5. The largest absolute Gasteiger partial charge is 0.334 e. The maximum Gasteiger partial charge on any atom is 0.269 e. The third kappa shape index (κ3) is 5.51. The second-order valence-corrected chi connectivity index (χ2v) is 9.23. The van der Waals surface area contributed by atoms with Crippen molar-refractivity contribution in [1.82, 2.24) is 4.90 Å². The van der Waals surface area contributed by atoms with Crippen molar-refractivity contribution < 1.29 is 14.5 Å². The quantitative estimate of drug-likeness (QED) is 0.456. The number of nitrogens with two attached hydrogens (primary N) is 1. The molecule has 4 rings (SSSR count). The number of non-ortho nitro benzene ring substituents is 1. The first-order chi connectivity index (χ1) is 15.8. The summed E-state index contributed by atoms with van der Waals surface area (Å²) in [5.74, 6) is -0.185. The number of anilines is 1. The summed E-state index contributed by atoms with van der Waals surface area (Å²) >= 11 is 6.47. The van der Waals surface area contributed by atoms with Gasteiger partial charge in [0.05, 0.1) is 4.92 Å². The van der Waals surface area contributed by atoms with Crippen LogP contribution in [-0.4, -0.2) is 33.7 Å². The Morgan fingerprint density at radius 3 is 2.42 bits per heavy atom. The molecule has 0 spiro atoms. The second-order valence-electron chi connectivity index (χ2n) is 8.82. The molecule has 0 aliphatic heterocycles. The molecule has 2 amide bonds. The van der Waals surface area contributed by atoms with Gasteiger partial charge in [0.15, 0.2) is 0 Å². The van der Waals surface area contributed by atoms with Crippen LogP contribution in [-0.2, 0) is 11.3 Å². The molecule has 0 aromatic heterocycles. The molecule has 33 heavy (non-hydrogen) atoms. The average Bonchev–Trinajstić information content (AvgIpc) is 3.65. The third-order valence-electron chi connectivity index (χ3n) is 6.38. The van der Waals surface area contributed by atoms with Gasteiger partial charge in [-0.15, -0.1) is 0 Å². The van der Waals surface area contributed by atoms with Crippen LogP contribution in [0.25, 0.3) is 0 Å². The SMILES string of the molecule is NC1CCCCC1N(Cc1cc(NC(=O)c2ccc([N+](=O)[O-])cc2)ccc1Cl)C(=O)C1CC1. The van der Waals surface area contributed by atoms with Crippen molar-refractivity contribution in [2.45, 2.75) is 57.2 Å². The summed E-state index contributed by atoms with van der Waals surface area (Å²) in [5, 5.41) is 14.1. The fourth-order valence-corrected chi connectivity index (χ4v) is 4.52. The van der Waals surface area contributed by atoms with E-state index in [1.807, 2.05) is 4.90 Å². The maximum absolute atomic E-state index is 13.1. The molecule has 2 fully saturated rings. The van der Waals surface area contributed by atoms with E-state index >= 15 is 0 Å². The molecule has 0 saturated heterocycles. The molecule has 2 aliphatic carbocycles. The zero-order valence-electron chi connectivity index (χ0n) is 18.2. The number of halogens is 1. The highest BCUT2D eigenvalue weighted by molar-refractivity contribution is 6.31. The normalized spacial score (nSPS) is 20.2. The Balaban J connectivity index is 1.52. The van der Waals surface area contributed by atoms with Gasteiger partial charge in [0.25, 0.3) is 11.6 Å². The van der Waals surface area contributed by atoms with E-state index in [9.17, 15) is 19.7 Å². The third-order valence-corrected chi connectivity index (χ3v) is 6.74. The predicted octanol–water partition coefficient (Wildman–Crippen LogP) is 4.51. The van der Waals surface area contributed by atoms with Gasteiger partial charge in [0.2, 0.25) is 5.91 Å². The van der Waals surface area contributed by atoms with E-state index in [1.54, 1.807) is 18.2 Å². The topological polar surface area (TPSA) is 119 Å². The second kappa shape index (κ2) is 9.89. The van der Waals surface area contributed by atoms with Gasteiger partial charge in [-0.25, -0.2) is 0 Å². The van der Waals surface area contributed by atoms with Gasteiger partial charge in [0, 0.05) is 53.0 Å². The van der Waals surface area contributed by atoms with Crippen molar-refractivity contribution >= 4 is 34.8 Å². The average molecular weight is 471 g/mol. The van der Waals surface area contributed by atoms with Crippen molar-refractivity contribution in [3.8, 4) is 0 Å². The lowest BCUT2D eigenvalue weighted by Gasteiger charge is -2.39. The lowest BCUT2D eigenvalue weighted by molar-refractivity contribution is -0.384. The smallest absolute Gasteiger partial charge is 0.269 e. The summed E-state index contributed by atoms with van der Waals surface area (Å²) in [5.41, 5.74) is 7.89. The van der Waals surface area contributed by atoms with Crippen LogP contribution in [0, 0.1) is 16.0 Å². The molecule has 8 nitrogen and oxygen atoms in total. The molecular weight excluding hydrogens is 444 g/mol. The zero-order chi connectivity index (χ0) is 23.5. The summed E-state index contributed by atoms with van der Waals surface area (Å²) in [7, 11) is 0. The Hall–Kier alpha value is -2.97. The monoisotopic (exact) mass is 470 g/mol. The van der Waals surface area contributed by atoms with Gasteiger partial charge in [-0.3, -0.25) is 19.7 Å². The first kappa shape index (κ1) is 23.2. The van der Waals surface area contributed by atoms with Crippen LogP contribution >= 0.6 is 11.6 Å². The van der Waals surface area contributed by atoms with Crippen LogP contribution in [0.15, 0.2) is 42.5 Å². The van der Waals surface area contributed by atoms with Gasteiger partial charge < -0.3 is 16.0 Å². The van der Waals surface area contributed by atoms with Gasteiger partial charge >= 0.3 is 0 Å². The number of rotatable bonds is 7. The van der Waals surface area contributed by atoms with Crippen molar-refractivity contribution in [3.63, 3.8) is 0 Å². The van der Waals surface area contributed by atoms with Gasteiger partial charge in [-0.2, -0.15) is 0 Å². The Labute approximate surface area is 197 Å². The van der Waals surface area contributed by atoms with E-state index in [4.69, 9.17) is 17.3 Å². The highest BCUT2D eigenvalue weighted by Gasteiger charge is 2.39. The number of nitrogens with zero attached hydrogens (tertiary/aromatic N) is 2. The van der Waals surface area contributed by atoms with Crippen molar-refractivity contribution in [1.29, 1.82) is 0 Å². The predicted molar refractivity (Wildman–Crippen MR) is 126 cm³/mol. The molecular formula is C24H27ClN4O4. The van der Waals surface area contributed by atoms with Gasteiger partial charge in [-0.1, -0.05) is 24.4 Å². The molecule has 2 saturated carbocycles. The van der Waals surface area contributed by atoms with Crippen LogP contribution < -0.4 is 11.1 Å². The minimum absolute atomic E-state index is 0.0127. The Bertz CT molecular complexity index is 1050. The van der Waals surface area contributed by atoms with Crippen LogP contribution in [0.2, 0.25) is 5.02 Å². The van der Waals surface area contributed by atoms with Crippen LogP contribution in [0.5, 0.6) is 0 Å². The van der Waals surface area contributed by atoms with E-state index in [-0.39, 0.29) is 29.6 Å². The fourth-order valence-electron chi connectivity index (χ4n) is 4.35. The zero-order valence-corrected chi connectivity index (χ0v) is 19.0. The minimum Gasteiger partial charge on any atom is -0.334 e. The van der Waals surface area contributed by atoms with Crippen molar-refractivity contribution in [2.75, 3.05) is 5.32 Å².